The lowest BCUT2D eigenvalue weighted by Gasteiger charge is -2.33. The summed E-state index contributed by atoms with van der Waals surface area (Å²) in [5.74, 6) is -0.107. The second kappa shape index (κ2) is 10.5. The normalized spacial score (nSPS) is 12.1. The van der Waals surface area contributed by atoms with Crippen molar-refractivity contribution in [2.45, 2.75) is 20.8 Å². The first-order valence-corrected chi connectivity index (χ1v) is 10.9. The minimum absolute atomic E-state index is 0. The fourth-order valence-corrected chi connectivity index (χ4v) is 3.99. The van der Waals surface area contributed by atoms with Gasteiger partial charge in [0.25, 0.3) is 0 Å². The number of hydrazine groups is 1. The van der Waals surface area contributed by atoms with Crippen LogP contribution in [0.1, 0.15) is 40.1 Å². The van der Waals surface area contributed by atoms with Gasteiger partial charge in [0.2, 0.25) is 11.6 Å². The molecule has 170 valence electrons. The van der Waals surface area contributed by atoms with Gasteiger partial charge in [0, 0.05) is 24.2 Å². The highest BCUT2D eigenvalue weighted by molar-refractivity contribution is 6.32. The monoisotopic (exact) mass is 461 g/mol. The van der Waals surface area contributed by atoms with E-state index in [1.54, 1.807) is 24.3 Å². The second-order valence-electron chi connectivity index (χ2n) is 7.71. The third-order valence-corrected chi connectivity index (χ3v) is 5.62. The van der Waals surface area contributed by atoms with Crippen LogP contribution < -0.4 is 10.3 Å². The fourth-order valence-electron chi connectivity index (χ4n) is 3.99. The van der Waals surface area contributed by atoms with Gasteiger partial charge >= 0.3 is 0 Å². The van der Waals surface area contributed by atoms with Crippen molar-refractivity contribution in [3.05, 3.63) is 107 Å². The summed E-state index contributed by atoms with van der Waals surface area (Å²) in [7, 11) is 0. The van der Waals surface area contributed by atoms with Gasteiger partial charge in [-0.25, -0.2) is 5.01 Å². The smallest absolute Gasteiger partial charge is 0.200 e. The van der Waals surface area contributed by atoms with E-state index in [9.17, 15) is 9.59 Å². The molecule has 1 aliphatic rings. The zero-order chi connectivity index (χ0) is 22.7. The number of anilines is 2. The van der Waals surface area contributed by atoms with Crippen LogP contribution in [0.25, 0.3) is 0 Å². The number of hydrogen-bond acceptors (Lipinski definition) is 5. The van der Waals surface area contributed by atoms with Crippen LogP contribution in [0.15, 0.2) is 90.3 Å². The van der Waals surface area contributed by atoms with E-state index in [0.29, 0.717) is 16.9 Å². The lowest BCUT2D eigenvalue weighted by molar-refractivity contribution is 0.0959. The van der Waals surface area contributed by atoms with Crippen LogP contribution in [0.3, 0.4) is 0 Å². The van der Waals surface area contributed by atoms with Gasteiger partial charge in [-0.3, -0.25) is 14.6 Å². The molecule has 0 saturated heterocycles. The highest BCUT2D eigenvalue weighted by Gasteiger charge is 2.35. The molecule has 0 aliphatic carbocycles. The number of hydrogen-bond donors (Lipinski definition) is 1. The molecule has 0 saturated carbocycles. The Labute approximate surface area is 201 Å². The van der Waals surface area contributed by atoms with Gasteiger partial charge in [-0.15, -0.1) is 12.4 Å². The quantitative estimate of drug-likeness (QED) is 0.206. The first kappa shape index (κ1) is 24.2. The Morgan fingerprint density at radius 3 is 1.82 bits per heavy atom. The maximum absolute atomic E-state index is 13.7. The Balaban J connectivity index is 0.00000306. The third kappa shape index (κ3) is 4.70. The number of ketones is 2. The number of nitrogens with one attached hydrogen (secondary N) is 1. The average Bonchev–Trinajstić information content (AvgIpc) is 3.19. The number of nitrogens with zero attached hydrogens (tertiary/aromatic N) is 2. The maximum atomic E-state index is 13.7. The van der Waals surface area contributed by atoms with Crippen LogP contribution in [0.4, 0.5) is 11.4 Å². The van der Waals surface area contributed by atoms with Gasteiger partial charge in [0.15, 0.2) is 0 Å². The van der Waals surface area contributed by atoms with Crippen LogP contribution in [0, 0.1) is 6.92 Å². The summed E-state index contributed by atoms with van der Waals surface area (Å²) in [6.45, 7) is 7.59. The lowest BCUT2D eigenvalue weighted by atomic mass is 9.95. The van der Waals surface area contributed by atoms with Gasteiger partial charge in [0.05, 0.1) is 11.4 Å². The Kier molecular flexibility index (Phi) is 7.69. The summed E-state index contributed by atoms with van der Waals surface area (Å²) < 4.78 is 0. The summed E-state index contributed by atoms with van der Waals surface area (Å²) in [6, 6.07) is 24.0. The van der Waals surface area contributed by atoms with E-state index in [2.05, 4.69) is 24.2 Å². The van der Waals surface area contributed by atoms with Crippen molar-refractivity contribution in [1.82, 2.24) is 5.01 Å². The fraction of sp³-hybridized carbons (Fsp3) is 0.185. The Morgan fingerprint density at radius 2 is 1.33 bits per heavy atom. The van der Waals surface area contributed by atoms with Crippen molar-refractivity contribution < 1.29 is 9.59 Å². The van der Waals surface area contributed by atoms with Crippen LogP contribution in [0.2, 0.25) is 0 Å². The Hall–Kier alpha value is -3.41. The van der Waals surface area contributed by atoms with Crippen molar-refractivity contribution in [2.24, 2.45) is 0 Å². The Morgan fingerprint density at radius 1 is 0.818 bits per heavy atom. The molecule has 5 nitrogen and oxygen atoms in total. The van der Waals surface area contributed by atoms with Gasteiger partial charge in [-0.1, -0.05) is 80.6 Å². The highest BCUT2D eigenvalue weighted by atomic mass is 35.5. The minimum Gasteiger partial charge on any atom is -0.338 e. The molecule has 0 amide bonds. The van der Waals surface area contributed by atoms with E-state index in [-0.39, 0.29) is 29.5 Å². The third-order valence-electron chi connectivity index (χ3n) is 5.62. The van der Waals surface area contributed by atoms with Gasteiger partial charge in [-0.2, -0.15) is 0 Å². The zero-order valence-corrected chi connectivity index (χ0v) is 19.9. The van der Waals surface area contributed by atoms with E-state index in [0.717, 1.165) is 30.0 Å². The number of benzene rings is 3. The summed E-state index contributed by atoms with van der Waals surface area (Å²) >= 11 is 0. The first-order chi connectivity index (χ1) is 15.5. The van der Waals surface area contributed by atoms with Crippen molar-refractivity contribution in [3.63, 3.8) is 0 Å². The van der Waals surface area contributed by atoms with Crippen LogP contribution in [-0.2, 0) is 0 Å². The summed E-state index contributed by atoms with van der Waals surface area (Å²) in [4.78, 5) is 27.5. The molecule has 1 heterocycles. The number of Topliss-reactive ketones (excluding diaryl/α,β-unsaturated/α-hetero) is 2. The van der Waals surface area contributed by atoms with Crippen molar-refractivity contribution in [2.75, 3.05) is 23.4 Å². The largest absolute Gasteiger partial charge is 0.338 e. The molecule has 33 heavy (non-hydrogen) atoms. The second-order valence-corrected chi connectivity index (χ2v) is 7.71. The molecule has 6 heteroatoms. The Bertz CT molecular complexity index is 1120. The summed E-state index contributed by atoms with van der Waals surface area (Å²) in [5, 5.41) is 7.49. The summed E-state index contributed by atoms with van der Waals surface area (Å²) in [6.07, 6.45) is 0. The molecule has 3 aromatic carbocycles. The number of carbonyl (C=O) groups excluding carboxylic acids is 2. The van der Waals surface area contributed by atoms with E-state index in [1.807, 2.05) is 66.5 Å². The molecule has 1 N–H and O–H groups in total. The maximum Gasteiger partial charge on any atom is 0.200 e. The van der Waals surface area contributed by atoms with Gasteiger partial charge < -0.3 is 5.32 Å². The first-order valence-electron chi connectivity index (χ1n) is 10.9. The molecular weight excluding hydrogens is 434 g/mol. The minimum atomic E-state index is -0.302. The topological polar surface area (TPSA) is 52.7 Å². The standard InChI is InChI=1S/C27H27N3O2.ClH/c1-4-29(5-2)30-23-17-16-19(3)18-22(23)28-27(30)24(25(31)20-12-8-6-9-13-20)26(32)21-14-10-7-11-15-21;/h6-18,28H,4-5H2,1-3H3;1H. The molecular formula is C27H28ClN3O2. The number of allylic oxidation sites excluding steroid dienone is 1. The van der Waals surface area contributed by atoms with Gasteiger partial charge in [-0.05, 0) is 24.6 Å². The van der Waals surface area contributed by atoms with Crippen LogP contribution >= 0.6 is 12.4 Å². The average molecular weight is 462 g/mol. The number of aryl methyl sites for hydroxylation is 1. The molecule has 0 radical (unpaired) electrons. The predicted molar refractivity (Wildman–Crippen MR) is 136 cm³/mol. The van der Waals surface area contributed by atoms with E-state index < -0.39 is 0 Å². The number of rotatable bonds is 7. The molecule has 0 unspecified atom stereocenters. The van der Waals surface area contributed by atoms with Crippen molar-refractivity contribution in [3.8, 4) is 0 Å². The van der Waals surface area contributed by atoms with Crippen LogP contribution in [-0.4, -0.2) is 29.7 Å². The lowest BCUT2D eigenvalue weighted by Crippen LogP contribution is -2.42. The molecule has 0 aromatic heterocycles. The molecule has 1 aliphatic heterocycles. The van der Waals surface area contributed by atoms with E-state index >= 15 is 0 Å². The molecule has 0 spiro atoms. The number of halogens is 1. The van der Waals surface area contributed by atoms with E-state index in [4.69, 9.17) is 0 Å². The molecule has 0 fully saturated rings. The molecule has 3 aromatic rings. The van der Waals surface area contributed by atoms with Crippen molar-refractivity contribution >= 4 is 35.3 Å². The predicted octanol–water partition coefficient (Wildman–Crippen LogP) is 5.88. The van der Waals surface area contributed by atoms with E-state index in [1.165, 1.54) is 0 Å². The SMILES string of the molecule is CCN(CC)N1C(=C(C(=O)c2ccccc2)C(=O)c2ccccc2)Nc2cc(C)ccc21.Cl. The number of carbonyl (C=O) groups is 2. The van der Waals surface area contributed by atoms with Crippen molar-refractivity contribution in [1.29, 1.82) is 0 Å². The summed E-state index contributed by atoms with van der Waals surface area (Å²) in [5.41, 5.74) is 3.99. The molecule has 4 rings (SSSR count). The molecule has 0 bridgehead atoms. The van der Waals surface area contributed by atoms with Crippen LogP contribution in [0.5, 0.6) is 0 Å². The molecule has 0 atom stereocenters. The van der Waals surface area contributed by atoms with Gasteiger partial charge in [0.1, 0.15) is 11.4 Å². The highest BCUT2D eigenvalue weighted by Crippen LogP contribution is 2.40. The number of fused-ring (bicyclic) bond motifs is 1. The zero-order valence-electron chi connectivity index (χ0n) is 19.0.